The summed E-state index contributed by atoms with van der Waals surface area (Å²) in [6.45, 7) is 7.42. The van der Waals surface area contributed by atoms with Gasteiger partial charge in [-0.2, -0.15) is 0 Å². The summed E-state index contributed by atoms with van der Waals surface area (Å²) in [5, 5.41) is 3.21. The van der Waals surface area contributed by atoms with Gasteiger partial charge in [-0.3, -0.25) is 4.79 Å². The number of nitrogens with one attached hydrogen (secondary N) is 1. The molecule has 4 nitrogen and oxygen atoms in total. The summed E-state index contributed by atoms with van der Waals surface area (Å²) in [6, 6.07) is 0.243. The molecule has 4 heteroatoms. The molecule has 0 fully saturated rings. The Morgan fingerprint density at radius 3 is 2.91 bits per heavy atom. The minimum absolute atomic E-state index is 0.0812. The third-order valence-corrected chi connectivity index (χ3v) is 4.69. The van der Waals surface area contributed by atoms with Gasteiger partial charge in [0.1, 0.15) is 5.82 Å². The van der Waals surface area contributed by atoms with Crippen LogP contribution in [-0.4, -0.2) is 21.5 Å². The summed E-state index contributed by atoms with van der Waals surface area (Å²) in [5.41, 5.74) is 1.23. The van der Waals surface area contributed by atoms with Crippen LogP contribution < -0.4 is 5.32 Å². The number of hydrogen-bond donors (Lipinski definition) is 1. The minimum atomic E-state index is 0.0812. The summed E-state index contributed by atoms with van der Waals surface area (Å²) >= 11 is 0. The van der Waals surface area contributed by atoms with Gasteiger partial charge in [-0.25, -0.2) is 4.98 Å². The maximum atomic E-state index is 12.2. The number of imidazole rings is 1. The number of rotatable bonds is 3. The van der Waals surface area contributed by atoms with Crippen molar-refractivity contribution in [3.63, 3.8) is 0 Å². The van der Waals surface area contributed by atoms with Gasteiger partial charge < -0.3 is 9.88 Å². The highest BCUT2D eigenvalue weighted by Gasteiger charge is 2.25. The van der Waals surface area contributed by atoms with Crippen molar-refractivity contribution in [2.24, 2.45) is 5.92 Å². The molecule has 0 aromatic carbocycles. The fourth-order valence-electron chi connectivity index (χ4n) is 3.31. The highest BCUT2D eigenvalue weighted by atomic mass is 16.1. The number of nitrogens with zero attached hydrogens (tertiary/aromatic N) is 2. The summed E-state index contributed by atoms with van der Waals surface area (Å²) in [4.78, 5) is 16.9. The lowest BCUT2D eigenvalue weighted by Gasteiger charge is -2.25. The second kappa shape index (κ2) is 5.90. The van der Waals surface area contributed by atoms with E-state index in [0.717, 1.165) is 43.7 Å². The molecule has 1 aromatic heterocycles. The van der Waals surface area contributed by atoms with Crippen molar-refractivity contribution in [3.8, 4) is 0 Å². The van der Waals surface area contributed by atoms with Gasteiger partial charge >= 0.3 is 0 Å². The standard InChI is InChI=1S/C18H27N3O/c1-18(2,3)15-12-21-11-14(8-9-16(21)20-15)19-17(22)10-13-6-4-5-7-13/h4,6,12-14H,5,7-11H2,1-3H3,(H,19,22)/t13-,14-/m1/s1. The minimum Gasteiger partial charge on any atom is -0.352 e. The van der Waals surface area contributed by atoms with Crippen LogP contribution in [0.25, 0.3) is 0 Å². The van der Waals surface area contributed by atoms with Crippen molar-refractivity contribution < 1.29 is 4.79 Å². The van der Waals surface area contributed by atoms with Crippen molar-refractivity contribution in [1.29, 1.82) is 0 Å². The molecule has 0 spiro atoms. The number of hydrogen-bond acceptors (Lipinski definition) is 2. The zero-order valence-electron chi connectivity index (χ0n) is 13.9. The number of carbonyl (C=O) groups is 1. The van der Waals surface area contributed by atoms with Crippen molar-refractivity contribution in [1.82, 2.24) is 14.9 Å². The van der Waals surface area contributed by atoms with Crippen LogP contribution in [0, 0.1) is 5.92 Å². The molecule has 1 N–H and O–H groups in total. The largest absolute Gasteiger partial charge is 0.352 e. The molecule has 1 aromatic rings. The molecule has 120 valence electrons. The molecule has 2 atom stereocenters. The summed E-state index contributed by atoms with van der Waals surface area (Å²) < 4.78 is 2.23. The molecule has 1 amide bonds. The highest BCUT2D eigenvalue weighted by molar-refractivity contribution is 5.76. The monoisotopic (exact) mass is 301 g/mol. The predicted octanol–water partition coefficient (Wildman–Crippen LogP) is 2.97. The zero-order valence-corrected chi connectivity index (χ0v) is 13.9. The Morgan fingerprint density at radius 2 is 2.23 bits per heavy atom. The second-order valence-electron chi connectivity index (χ2n) is 7.72. The molecule has 2 aliphatic rings. The van der Waals surface area contributed by atoms with Crippen LogP contribution in [0.4, 0.5) is 0 Å². The van der Waals surface area contributed by atoms with E-state index < -0.39 is 0 Å². The molecule has 3 rings (SSSR count). The van der Waals surface area contributed by atoms with E-state index in [9.17, 15) is 4.79 Å². The molecule has 0 saturated heterocycles. The fraction of sp³-hybridized carbons (Fsp3) is 0.667. The maximum absolute atomic E-state index is 12.2. The Bertz CT molecular complexity index is 580. The first-order valence-corrected chi connectivity index (χ1v) is 8.44. The second-order valence-corrected chi connectivity index (χ2v) is 7.72. The normalized spacial score (nSPS) is 24.3. The van der Waals surface area contributed by atoms with Gasteiger partial charge in [0, 0.05) is 37.0 Å². The van der Waals surface area contributed by atoms with E-state index in [-0.39, 0.29) is 17.4 Å². The van der Waals surface area contributed by atoms with Gasteiger partial charge in [0.25, 0.3) is 0 Å². The topological polar surface area (TPSA) is 46.9 Å². The van der Waals surface area contributed by atoms with E-state index in [0.29, 0.717) is 12.3 Å². The lowest BCUT2D eigenvalue weighted by Crippen LogP contribution is -2.41. The van der Waals surface area contributed by atoms with E-state index in [1.165, 1.54) is 0 Å². The number of fused-ring (bicyclic) bond motifs is 1. The number of aromatic nitrogens is 2. The zero-order chi connectivity index (χ0) is 15.7. The van der Waals surface area contributed by atoms with Crippen molar-refractivity contribution >= 4 is 5.91 Å². The van der Waals surface area contributed by atoms with Crippen LogP contribution in [-0.2, 0) is 23.2 Å². The smallest absolute Gasteiger partial charge is 0.220 e. The summed E-state index contributed by atoms with van der Waals surface area (Å²) in [6.07, 6.45) is 11.4. The van der Waals surface area contributed by atoms with Crippen LogP contribution in [0.1, 0.15) is 58.0 Å². The van der Waals surface area contributed by atoms with E-state index in [1.807, 2.05) is 0 Å². The number of aryl methyl sites for hydroxylation is 1. The molecule has 0 saturated carbocycles. The van der Waals surface area contributed by atoms with Gasteiger partial charge in [0.05, 0.1) is 5.69 Å². The van der Waals surface area contributed by atoms with Crippen LogP contribution in [0.5, 0.6) is 0 Å². The van der Waals surface area contributed by atoms with E-state index in [1.54, 1.807) is 0 Å². The fourth-order valence-corrected chi connectivity index (χ4v) is 3.31. The van der Waals surface area contributed by atoms with Gasteiger partial charge in [-0.1, -0.05) is 32.9 Å². The molecule has 2 heterocycles. The Labute approximate surface area is 133 Å². The first-order chi connectivity index (χ1) is 10.4. The summed E-state index contributed by atoms with van der Waals surface area (Å²) in [7, 11) is 0. The van der Waals surface area contributed by atoms with Gasteiger partial charge in [-0.15, -0.1) is 0 Å². The maximum Gasteiger partial charge on any atom is 0.220 e. The molecular weight excluding hydrogens is 274 g/mol. The number of carbonyl (C=O) groups excluding carboxylic acids is 1. The lowest BCUT2D eigenvalue weighted by molar-refractivity contribution is -0.122. The Hall–Kier alpha value is -1.58. The third-order valence-electron chi connectivity index (χ3n) is 4.69. The molecule has 1 aliphatic carbocycles. The highest BCUT2D eigenvalue weighted by Crippen LogP contribution is 2.25. The predicted molar refractivity (Wildman–Crippen MR) is 87.7 cm³/mol. The van der Waals surface area contributed by atoms with Crippen LogP contribution >= 0.6 is 0 Å². The van der Waals surface area contributed by atoms with Gasteiger partial charge in [0.15, 0.2) is 0 Å². The van der Waals surface area contributed by atoms with Crippen molar-refractivity contribution in [3.05, 3.63) is 29.9 Å². The Kier molecular flexibility index (Phi) is 4.11. The molecule has 0 radical (unpaired) electrons. The average molecular weight is 301 g/mol. The van der Waals surface area contributed by atoms with Crippen LogP contribution in [0.3, 0.4) is 0 Å². The van der Waals surface area contributed by atoms with Gasteiger partial charge in [-0.05, 0) is 25.2 Å². The third kappa shape index (κ3) is 3.42. The SMILES string of the molecule is CC(C)(C)c1cn2c(n1)CC[C@@H](NC(=O)C[C@@H]1C=CCC1)C2. The lowest BCUT2D eigenvalue weighted by atomic mass is 9.93. The first-order valence-electron chi connectivity index (χ1n) is 8.44. The molecule has 22 heavy (non-hydrogen) atoms. The van der Waals surface area contributed by atoms with Crippen LogP contribution in [0.2, 0.25) is 0 Å². The average Bonchev–Trinajstić information content (AvgIpc) is 3.06. The summed E-state index contributed by atoms with van der Waals surface area (Å²) in [5.74, 6) is 1.80. The van der Waals surface area contributed by atoms with Crippen molar-refractivity contribution in [2.75, 3.05) is 0 Å². The first kappa shape index (κ1) is 15.3. The van der Waals surface area contributed by atoms with Gasteiger partial charge in [0.2, 0.25) is 5.91 Å². The number of amides is 1. The molecule has 0 unspecified atom stereocenters. The van der Waals surface area contributed by atoms with Crippen LogP contribution in [0.15, 0.2) is 18.3 Å². The van der Waals surface area contributed by atoms with E-state index in [2.05, 4.69) is 49.0 Å². The Balaban J connectivity index is 1.58. The Morgan fingerprint density at radius 1 is 1.41 bits per heavy atom. The molecule has 0 bridgehead atoms. The van der Waals surface area contributed by atoms with E-state index >= 15 is 0 Å². The number of allylic oxidation sites excluding steroid dienone is 2. The molecule has 1 aliphatic heterocycles. The van der Waals surface area contributed by atoms with E-state index in [4.69, 9.17) is 4.98 Å². The quantitative estimate of drug-likeness (QED) is 0.873. The van der Waals surface area contributed by atoms with Crippen molar-refractivity contribution in [2.45, 2.75) is 70.9 Å². The molecular formula is C18H27N3O.